The van der Waals surface area contributed by atoms with Crippen LogP contribution in [0.3, 0.4) is 0 Å². The Hall–Kier alpha value is -0.910. The average molecular weight is 298 g/mol. The molecular weight excluding hydrogens is 272 g/mol. The Morgan fingerprint density at radius 2 is 1.85 bits per heavy atom. The van der Waals surface area contributed by atoms with Gasteiger partial charge < -0.3 is 5.32 Å². The van der Waals surface area contributed by atoms with Gasteiger partial charge in [-0.15, -0.1) is 0 Å². The summed E-state index contributed by atoms with van der Waals surface area (Å²) >= 11 is 0. The minimum absolute atomic E-state index is 0.0358. The van der Waals surface area contributed by atoms with Gasteiger partial charge in [0.2, 0.25) is 10.0 Å². The number of nitrogens with one attached hydrogen (secondary N) is 2. The van der Waals surface area contributed by atoms with Gasteiger partial charge in [-0.3, -0.25) is 0 Å². The maximum absolute atomic E-state index is 11.9. The van der Waals surface area contributed by atoms with Crippen LogP contribution in [0.15, 0.2) is 30.3 Å². The summed E-state index contributed by atoms with van der Waals surface area (Å²) < 4.78 is 26.5. The molecule has 1 atom stereocenters. The Bertz CT molecular complexity index is 460. The third kappa shape index (κ3) is 7.62. The van der Waals surface area contributed by atoms with E-state index in [0.717, 1.165) is 25.8 Å². The minimum atomic E-state index is -3.18. The largest absolute Gasteiger partial charge is 0.316 e. The number of hydrogen-bond acceptors (Lipinski definition) is 3. The van der Waals surface area contributed by atoms with Crippen LogP contribution in [0, 0.1) is 0 Å². The average Bonchev–Trinajstić information content (AvgIpc) is 2.42. The molecule has 0 aliphatic heterocycles. The molecule has 0 aliphatic carbocycles. The van der Waals surface area contributed by atoms with Gasteiger partial charge in [0, 0.05) is 12.6 Å². The van der Waals surface area contributed by atoms with Gasteiger partial charge in [0.05, 0.1) is 5.75 Å². The van der Waals surface area contributed by atoms with Crippen LogP contribution in [-0.2, 0) is 16.4 Å². The highest BCUT2D eigenvalue weighted by Crippen LogP contribution is 2.05. The van der Waals surface area contributed by atoms with E-state index in [9.17, 15) is 8.42 Å². The molecule has 0 saturated carbocycles. The summed E-state index contributed by atoms with van der Waals surface area (Å²) in [5, 5.41) is 3.10. The quantitative estimate of drug-likeness (QED) is 0.649. The van der Waals surface area contributed by atoms with Crippen LogP contribution in [0.4, 0.5) is 0 Å². The van der Waals surface area contributed by atoms with Gasteiger partial charge >= 0.3 is 0 Å². The summed E-state index contributed by atoms with van der Waals surface area (Å²) in [4.78, 5) is 0. The fourth-order valence-electron chi connectivity index (χ4n) is 1.96. The topological polar surface area (TPSA) is 58.2 Å². The zero-order chi connectivity index (χ0) is 14.8. The Labute approximate surface area is 123 Å². The lowest BCUT2D eigenvalue weighted by Gasteiger charge is -2.14. The van der Waals surface area contributed by atoms with Crippen molar-refractivity contribution in [3.8, 4) is 0 Å². The van der Waals surface area contributed by atoms with Crippen molar-refractivity contribution in [3.05, 3.63) is 35.9 Å². The first-order chi connectivity index (χ1) is 9.53. The molecule has 0 radical (unpaired) electrons. The lowest BCUT2D eigenvalue weighted by atomic mass is 10.1. The van der Waals surface area contributed by atoms with Crippen molar-refractivity contribution in [2.24, 2.45) is 0 Å². The minimum Gasteiger partial charge on any atom is -0.316 e. The zero-order valence-electron chi connectivity index (χ0n) is 12.4. The van der Waals surface area contributed by atoms with E-state index in [-0.39, 0.29) is 11.8 Å². The van der Waals surface area contributed by atoms with Crippen molar-refractivity contribution >= 4 is 10.0 Å². The van der Waals surface area contributed by atoms with E-state index in [1.165, 1.54) is 5.56 Å². The Morgan fingerprint density at radius 1 is 1.15 bits per heavy atom. The van der Waals surface area contributed by atoms with Crippen LogP contribution in [0.2, 0.25) is 0 Å². The second-order valence-corrected chi connectivity index (χ2v) is 6.99. The number of benzene rings is 1. The van der Waals surface area contributed by atoms with Gasteiger partial charge in [0.15, 0.2) is 0 Å². The first-order valence-corrected chi connectivity index (χ1v) is 8.93. The van der Waals surface area contributed by atoms with Crippen molar-refractivity contribution in [1.29, 1.82) is 0 Å². The van der Waals surface area contributed by atoms with Crippen LogP contribution in [-0.4, -0.2) is 33.3 Å². The molecule has 0 heterocycles. The van der Waals surface area contributed by atoms with Crippen LogP contribution in [0.5, 0.6) is 0 Å². The smallest absolute Gasteiger partial charge is 0.213 e. The summed E-state index contributed by atoms with van der Waals surface area (Å²) in [6.45, 7) is 5.35. The van der Waals surface area contributed by atoms with Gasteiger partial charge in [0.1, 0.15) is 0 Å². The molecule has 0 saturated heterocycles. The van der Waals surface area contributed by atoms with Crippen molar-refractivity contribution < 1.29 is 8.42 Å². The highest BCUT2D eigenvalue weighted by molar-refractivity contribution is 7.89. The molecule has 0 bridgehead atoms. The molecule has 2 N–H and O–H groups in total. The summed E-state index contributed by atoms with van der Waals surface area (Å²) in [7, 11) is -3.18. The zero-order valence-corrected chi connectivity index (χ0v) is 13.2. The molecule has 20 heavy (non-hydrogen) atoms. The second kappa shape index (κ2) is 9.10. The van der Waals surface area contributed by atoms with Crippen LogP contribution in [0.25, 0.3) is 0 Å². The van der Waals surface area contributed by atoms with E-state index < -0.39 is 10.0 Å². The maximum atomic E-state index is 11.9. The molecule has 1 aromatic carbocycles. The van der Waals surface area contributed by atoms with E-state index >= 15 is 0 Å². The molecule has 0 aliphatic rings. The van der Waals surface area contributed by atoms with Gasteiger partial charge in [-0.1, -0.05) is 37.3 Å². The predicted octanol–water partition coefficient (Wildman–Crippen LogP) is 1.93. The molecule has 0 amide bonds. The Morgan fingerprint density at radius 3 is 2.50 bits per heavy atom. The molecule has 0 spiro atoms. The lowest BCUT2D eigenvalue weighted by molar-refractivity contribution is 0.543. The fourth-order valence-corrected chi connectivity index (χ4v) is 3.22. The molecular formula is C15H26N2O2S. The van der Waals surface area contributed by atoms with Crippen molar-refractivity contribution in [1.82, 2.24) is 10.0 Å². The van der Waals surface area contributed by atoms with Gasteiger partial charge in [-0.25, -0.2) is 13.1 Å². The van der Waals surface area contributed by atoms with E-state index in [1.54, 1.807) is 0 Å². The van der Waals surface area contributed by atoms with Crippen molar-refractivity contribution in [2.45, 2.75) is 39.2 Å². The molecule has 0 aromatic heterocycles. The summed E-state index contributed by atoms with van der Waals surface area (Å²) in [5.41, 5.74) is 1.24. The summed E-state index contributed by atoms with van der Waals surface area (Å²) in [6.07, 6.45) is 2.71. The standard InChI is InChI=1S/C15H26N2O2S/c1-3-11-16-12-13-20(18,19)17-14(2)9-10-15-7-5-4-6-8-15/h4-8,14,16-17H,3,9-13H2,1-2H3. The van der Waals surface area contributed by atoms with Crippen LogP contribution in [0.1, 0.15) is 32.3 Å². The Kier molecular flexibility index (Phi) is 7.80. The first-order valence-electron chi connectivity index (χ1n) is 7.28. The highest BCUT2D eigenvalue weighted by atomic mass is 32.2. The Balaban J connectivity index is 2.28. The summed E-state index contributed by atoms with van der Waals surface area (Å²) in [6, 6.07) is 10.1. The van der Waals surface area contributed by atoms with Crippen LogP contribution < -0.4 is 10.0 Å². The molecule has 5 heteroatoms. The SMILES string of the molecule is CCCNCCS(=O)(=O)NC(C)CCc1ccccc1. The molecule has 4 nitrogen and oxygen atoms in total. The third-order valence-corrected chi connectivity index (χ3v) is 4.57. The first kappa shape index (κ1) is 17.1. The molecule has 1 rings (SSSR count). The molecule has 1 aromatic rings. The molecule has 0 fully saturated rings. The van der Waals surface area contributed by atoms with Crippen molar-refractivity contribution in [3.63, 3.8) is 0 Å². The monoisotopic (exact) mass is 298 g/mol. The molecule has 114 valence electrons. The normalized spacial score (nSPS) is 13.3. The van der Waals surface area contributed by atoms with E-state index in [2.05, 4.69) is 29.1 Å². The fraction of sp³-hybridized carbons (Fsp3) is 0.600. The van der Waals surface area contributed by atoms with E-state index in [0.29, 0.717) is 6.54 Å². The van der Waals surface area contributed by atoms with Gasteiger partial charge in [-0.05, 0) is 38.3 Å². The number of aryl methyl sites for hydroxylation is 1. The number of rotatable bonds is 10. The molecule has 1 unspecified atom stereocenters. The van der Waals surface area contributed by atoms with Crippen molar-refractivity contribution in [2.75, 3.05) is 18.8 Å². The van der Waals surface area contributed by atoms with Gasteiger partial charge in [-0.2, -0.15) is 0 Å². The van der Waals surface area contributed by atoms with Gasteiger partial charge in [0.25, 0.3) is 0 Å². The highest BCUT2D eigenvalue weighted by Gasteiger charge is 2.13. The lowest BCUT2D eigenvalue weighted by Crippen LogP contribution is -2.37. The number of hydrogen-bond donors (Lipinski definition) is 2. The maximum Gasteiger partial charge on any atom is 0.213 e. The summed E-state index contributed by atoms with van der Waals surface area (Å²) in [5.74, 6) is 0.142. The van der Waals surface area contributed by atoms with Crippen LogP contribution >= 0.6 is 0 Å². The second-order valence-electron chi connectivity index (χ2n) is 5.11. The number of sulfonamides is 1. The van der Waals surface area contributed by atoms with E-state index in [1.807, 2.05) is 25.1 Å². The third-order valence-electron chi connectivity index (χ3n) is 3.06. The van der Waals surface area contributed by atoms with E-state index in [4.69, 9.17) is 0 Å². The predicted molar refractivity (Wildman–Crippen MR) is 84.3 cm³/mol.